The minimum absolute atomic E-state index is 0.0283. The standard InChI is InChI=1S/C32H20Cl2N2O3/c33-25-14-7-15-26(34)28(25)29-32(36-30(38)20-9-2-1-3-10-20)39-31(35-29)24-17-16-21(18-27(24)37)23-13-6-11-19-8-4-5-12-22(19)23/h1-18,37H,(H,36,38). The minimum atomic E-state index is -0.391. The van der Waals surface area contributed by atoms with Crippen LogP contribution in [-0.4, -0.2) is 16.0 Å². The predicted octanol–water partition coefficient (Wildman–Crippen LogP) is 9.09. The van der Waals surface area contributed by atoms with E-state index in [4.69, 9.17) is 27.6 Å². The number of halogens is 2. The first-order chi connectivity index (χ1) is 19.0. The Kier molecular flexibility index (Phi) is 6.53. The van der Waals surface area contributed by atoms with E-state index in [2.05, 4.69) is 10.3 Å². The molecule has 0 aliphatic heterocycles. The summed E-state index contributed by atoms with van der Waals surface area (Å²) in [7, 11) is 0. The van der Waals surface area contributed by atoms with E-state index in [0.29, 0.717) is 26.7 Å². The van der Waals surface area contributed by atoms with E-state index in [-0.39, 0.29) is 23.2 Å². The Morgan fingerprint density at radius 1 is 0.769 bits per heavy atom. The molecule has 1 aromatic heterocycles. The van der Waals surface area contributed by atoms with Crippen LogP contribution in [0.15, 0.2) is 114 Å². The van der Waals surface area contributed by atoms with Crippen molar-refractivity contribution in [2.75, 3.05) is 5.32 Å². The van der Waals surface area contributed by atoms with Gasteiger partial charge in [0.25, 0.3) is 5.91 Å². The molecule has 0 radical (unpaired) electrons. The van der Waals surface area contributed by atoms with E-state index >= 15 is 0 Å². The van der Waals surface area contributed by atoms with Crippen LogP contribution < -0.4 is 5.32 Å². The van der Waals surface area contributed by atoms with E-state index in [1.807, 2.05) is 54.6 Å². The zero-order chi connectivity index (χ0) is 26.9. The van der Waals surface area contributed by atoms with Gasteiger partial charge in [-0.15, -0.1) is 0 Å². The minimum Gasteiger partial charge on any atom is -0.507 e. The molecule has 5 nitrogen and oxygen atoms in total. The number of phenolic OH excluding ortho intramolecular Hbond substituents is 1. The molecule has 39 heavy (non-hydrogen) atoms. The highest BCUT2D eigenvalue weighted by atomic mass is 35.5. The number of aromatic nitrogens is 1. The molecule has 6 aromatic rings. The number of phenols is 1. The lowest BCUT2D eigenvalue weighted by Crippen LogP contribution is -2.11. The fraction of sp³-hybridized carbons (Fsp3) is 0. The highest BCUT2D eigenvalue weighted by molar-refractivity contribution is 6.39. The van der Waals surface area contributed by atoms with Gasteiger partial charge in [0.05, 0.1) is 15.6 Å². The molecule has 0 aliphatic rings. The molecule has 0 atom stereocenters. The second-order valence-electron chi connectivity index (χ2n) is 8.87. The van der Waals surface area contributed by atoms with Gasteiger partial charge in [-0.2, -0.15) is 0 Å². The van der Waals surface area contributed by atoms with Crippen molar-refractivity contribution in [2.45, 2.75) is 0 Å². The van der Waals surface area contributed by atoms with Crippen molar-refractivity contribution in [3.8, 4) is 39.6 Å². The molecule has 1 heterocycles. The van der Waals surface area contributed by atoms with Gasteiger partial charge in [0.1, 0.15) is 11.4 Å². The van der Waals surface area contributed by atoms with Crippen molar-refractivity contribution < 1.29 is 14.3 Å². The number of fused-ring (bicyclic) bond motifs is 1. The van der Waals surface area contributed by atoms with Crippen LogP contribution in [0.25, 0.3) is 44.6 Å². The SMILES string of the molecule is O=C(Nc1oc(-c2ccc(-c3cccc4ccccc34)cc2O)nc1-c1c(Cl)cccc1Cl)c1ccccc1. The first-order valence-electron chi connectivity index (χ1n) is 12.1. The maximum atomic E-state index is 13.0. The van der Waals surface area contributed by atoms with E-state index in [9.17, 15) is 9.90 Å². The molecule has 190 valence electrons. The summed E-state index contributed by atoms with van der Waals surface area (Å²) in [6.45, 7) is 0. The summed E-state index contributed by atoms with van der Waals surface area (Å²) in [5.74, 6) is -0.254. The number of hydrogen-bond acceptors (Lipinski definition) is 4. The Balaban J connectivity index is 1.44. The van der Waals surface area contributed by atoms with Crippen molar-refractivity contribution in [2.24, 2.45) is 0 Å². The first-order valence-corrected chi connectivity index (χ1v) is 12.9. The Morgan fingerprint density at radius 2 is 1.46 bits per heavy atom. The fourth-order valence-electron chi connectivity index (χ4n) is 4.54. The van der Waals surface area contributed by atoms with E-state index < -0.39 is 5.91 Å². The monoisotopic (exact) mass is 550 g/mol. The third-order valence-corrected chi connectivity index (χ3v) is 7.05. The fourth-order valence-corrected chi connectivity index (χ4v) is 5.11. The molecule has 0 fully saturated rings. The Labute approximate surface area is 234 Å². The number of aromatic hydroxyl groups is 1. The van der Waals surface area contributed by atoms with E-state index in [0.717, 1.165) is 21.9 Å². The van der Waals surface area contributed by atoms with Crippen LogP contribution in [0.3, 0.4) is 0 Å². The second kappa shape index (κ2) is 10.3. The Hall–Kier alpha value is -4.58. The van der Waals surface area contributed by atoms with Gasteiger partial charge in [0, 0.05) is 11.1 Å². The molecule has 6 rings (SSSR count). The van der Waals surface area contributed by atoms with Crippen molar-refractivity contribution in [1.82, 2.24) is 4.98 Å². The number of anilines is 1. The molecule has 0 aliphatic carbocycles. The highest BCUT2D eigenvalue weighted by Gasteiger charge is 2.24. The summed E-state index contributed by atoms with van der Waals surface area (Å²) in [5.41, 5.74) is 3.28. The summed E-state index contributed by atoms with van der Waals surface area (Å²) < 4.78 is 6.03. The largest absolute Gasteiger partial charge is 0.507 e. The molecule has 1 amide bonds. The third kappa shape index (κ3) is 4.74. The molecule has 0 spiro atoms. The second-order valence-corrected chi connectivity index (χ2v) is 9.69. The molecule has 0 bridgehead atoms. The number of benzene rings is 5. The lowest BCUT2D eigenvalue weighted by molar-refractivity contribution is 0.102. The molecule has 0 saturated heterocycles. The van der Waals surface area contributed by atoms with Gasteiger partial charge in [-0.25, -0.2) is 4.98 Å². The quantitative estimate of drug-likeness (QED) is 0.224. The zero-order valence-corrected chi connectivity index (χ0v) is 21.9. The van der Waals surface area contributed by atoms with Crippen molar-refractivity contribution in [3.63, 3.8) is 0 Å². The number of carbonyl (C=O) groups is 1. The number of hydrogen-bond donors (Lipinski definition) is 2. The first kappa shape index (κ1) is 24.7. The molecular formula is C32H20Cl2N2O3. The lowest BCUT2D eigenvalue weighted by atomic mass is 9.97. The van der Waals surface area contributed by atoms with Crippen LogP contribution in [0.4, 0.5) is 5.88 Å². The summed E-state index contributed by atoms with van der Waals surface area (Å²) in [6.07, 6.45) is 0. The molecule has 0 unspecified atom stereocenters. The van der Waals surface area contributed by atoms with Crippen molar-refractivity contribution in [3.05, 3.63) is 125 Å². The van der Waals surface area contributed by atoms with Gasteiger partial charge in [-0.1, -0.05) is 96.0 Å². The zero-order valence-electron chi connectivity index (χ0n) is 20.4. The normalized spacial score (nSPS) is 11.0. The van der Waals surface area contributed by atoms with Gasteiger partial charge in [-0.3, -0.25) is 10.1 Å². The number of carbonyl (C=O) groups excluding carboxylic acids is 1. The van der Waals surface area contributed by atoms with Crippen LogP contribution in [0.2, 0.25) is 10.0 Å². The van der Waals surface area contributed by atoms with E-state index in [1.54, 1.807) is 54.6 Å². The Bertz CT molecular complexity index is 1820. The highest BCUT2D eigenvalue weighted by Crippen LogP contribution is 2.43. The topological polar surface area (TPSA) is 75.4 Å². The van der Waals surface area contributed by atoms with Gasteiger partial charge in [0.15, 0.2) is 0 Å². The van der Waals surface area contributed by atoms with Crippen LogP contribution in [0.5, 0.6) is 5.75 Å². The van der Waals surface area contributed by atoms with Crippen molar-refractivity contribution in [1.29, 1.82) is 0 Å². The summed E-state index contributed by atoms with van der Waals surface area (Å²) in [6, 6.07) is 33.2. The van der Waals surface area contributed by atoms with Crippen LogP contribution >= 0.6 is 23.2 Å². The van der Waals surface area contributed by atoms with Crippen LogP contribution in [0.1, 0.15) is 10.4 Å². The summed E-state index contributed by atoms with van der Waals surface area (Å²) in [5, 5.41) is 16.7. The van der Waals surface area contributed by atoms with Gasteiger partial charge in [0.2, 0.25) is 11.8 Å². The molecular weight excluding hydrogens is 531 g/mol. The predicted molar refractivity (Wildman–Crippen MR) is 156 cm³/mol. The molecule has 0 saturated carbocycles. The van der Waals surface area contributed by atoms with Gasteiger partial charge < -0.3 is 9.52 Å². The number of rotatable bonds is 5. The van der Waals surface area contributed by atoms with Crippen molar-refractivity contribution >= 4 is 45.8 Å². The summed E-state index contributed by atoms with van der Waals surface area (Å²) in [4.78, 5) is 17.6. The summed E-state index contributed by atoms with van der Waals surface area (Å²) >= 11 is 13.0. The lowest BCUT2D eigenvalue weighted by Gasteiger charge is -2.09. The van der Waals surface area contributed by atoms with Gasteiger partial charge >= 0.3 is 0 Å². The number of oxazole rings is 1. The maximum absolute atomic E-state index is 13.0. The maximum Gasteiger partial charge on any atom is 0.258 e. The van der Waals surface area contributed by atoms with E-state index in [1.165, 1.54) is 0 Å². The average Bonchev–Trinajstić information content (AvgIpc) is 3.35. The van der Waals surface area contributed by atoms with Gasteiger partial charge in [-0.05, 0) is 58.3 Å². The number of nitrogens with zero attached hydrogens (tertiary/aromatic N) is 1. The average molecular weight is 551 g/mol. The molecule has 2 N–H and O–H groups in total. The number of amides is 1. The third-order valence-electron chi connectivity index (χ3n) is 6.42. The van der Waals surface area contributed by atoms with Crippen LogP contribution in [0, 0.1) is 0 Å². The molecule has 5 aromatic carbocycles. The number of nitrogens with one attached hydrogen (secondary N) is 1. The molecule has 7 heteroatoms. The smallest absolute Gasteiger partial charge is 0.258 e. The Morgan fingerprint density at radius 3 is 2.23 bits per heavy atom. The van der Waals surface area contributed by atoms with Crippen LogP contribution in [-0.2, 0) is 0 Å².